The molecule has 0 aliphatic heterocycles. The first-order valence-electron chi connectivity index (χ1n) is 4.79. The molecule has 0 radical (unpaired) electrons. The third-order valence-corrected chi connectivity index (χ3v) is 1.69. The van der Waals surface area contributed by atoms with Gasteiger partial charge >= 0.3 is 11.9 Å². The molecule has 3 N–H and O–H groups in total. The molecule has 1 atom stereocenters. The van der Waals surface area contributed by atoms with E-state index in [1.54, 1.807) is 6.92 Å². The van der Waals surface area contributed by atoms with Crippen LogP contribution < -0.4 is 5.32 Å². The maximum atomic E-state index is 11.2. The summed E-state index contributed by atoms with van der Waals surface area (Å²) in [6, 6.07) is -1.40. The number of rotatable bonds is 8. The molecule has 0 fully saturated rings. The van der Waals surface area contributed by atoms with Crippen molar-refractivity contribution in [1.29, 1.82) is 0 Å². The van der Waals surface area contributed by atoms with Gasteiger partial charge in [0.25, 0.3) is 0 Å². The van der Waals surface area contributed by atoms with Gasteiger partial charge in [0.05, 0.1) is 13.0 Å². The van der Waals surface area contributed by atoms with Crippen LogP contribution in [0.15, 0.2) is 0 Å². The van der Waals surface area contributed by atoms with Gasteiger partial charge in [-0.15, -0.1) is 0 Å². The molecule has 0 spiro atoms. The van der Waals surface area contributed by atoms with Gasteiger partial charge in [-0.3, -0.25) is 9.59 Å². The van der Waals surface area contributed by atoms with Crippen molar-refractivity contribution >= 4 is 17.8 Å². The SMILES string of the molecule is CCOCCC(=O)N[C@@H](CC(=O)O)C(=O)O. The Morgan fingerprint density at radius 1 is 1.31 bits per heavy atom. The van der Waals surface area contributed by atoms with Crippen LogP contribution in [0.5, 0.6) is 0 Å². The highest BCUT2D eigenvalue weighted by atomic mass is 16.5. The number of carbonyl (C=O) groups excluding carboxylic acids is 1. The molecule has 92 valence electrons. The maximum absolute atomic E-state index is 11.2. The van der Waals surface area contributed by atoms with Crippen LogP contribution in [0.4, 0.5) is 0 Å². The summed E-state index contributed by atoms with van der Waals surface area (Å²) in [4.78, 5) is 32.1. The molecule has 0 saturated carbocycles. The molecule has 0 aliphatic carbocycles. The number of amides is 1. The number of carbonyl (C=O) groups is 3. The molecule has 0 aromatic heterocycles. The minimum atomic E-state index is -1.40. The Morgan fingerprint density at radius 2 is 1.94 bits per heavy atom. The molecule has 0 aliphatic rings. The number of carboxylic acids is 2. The Bertz CT molecular complexity index is 265. The topological polar surface area (TPSA) is 113 Å². The molecular formula is C9H15NO6. The zero-order valence-electron chi connectivity index (χ0n) is 8.93. The molecule has 0 aromatic carbocycles. The van der Waals surface area contributed by atoms with E-state index in [4.69, 9.17) is 14.9 Å². The average molecular weight is 233 g/mol. The molecule has 7 nitrogen and oxygen atoms in total. The number of hydrogen-bond acceptors (Lipinski definition) is 4. The standard InChI is InChI=1S/C9H15NO6/c1-2-16-4-3-7(11)10-6(9(14)15)5-8(12)13/h6H,2-5H2,1H3,(H,10,11)(H,12,13)(H,14,15)/t6-/m0/s1. The van der Waals surface area contributed by atoms with Crippen molar-refractivity contribution in [2.24, 2.45) is 0 Å². The summed E-state index contributed by atoms with van der Waals surface area (Å²) < 4.78 is 4.90. The van der Waals surface area contributed by atoms with Gasteiger partial charge in [-0.25, -0.2) is 4.79 Å². The second-order valence-corrected chi connectivity index (χ2v) is 3.00. The third kappa shape index (κ3) is 6.77. The number of ether oxygens (including phenoxy) is 1. The molecule has 0 heterocycles. The summed E-state index contributed by atoms with van der Waals surface area (Å²) in [5.41, 5.74) is 0. The lowest BCUT2D eigenvalue weighted by Gasteiger charge is -2.12. The van der Waals surface area contributed by atoms with Crippen LogP contribution in [0.25, 0.3) is 0 Å². The lowest BCUT2D eigenvalue weighted by molar-refractivity contribution is -0.147. The summed E-state index contributed by atoms with van der Waals surface area (Å²) in [6.07, 6.45) is -0.632. The van der Waals surface area contributed by atoms with Gasteiger partial charge in [-0.2, -0.15) is 0 Å². The fourth-order valence-electron chi connectivity index (χ4n) is 0.950. The predicted octanol–water partition coefficient (Wildman–Crippen LogP) is -0.543. The van der Waals surface area contributed by atoms with Crippen LogP contribution in [0.1, 0.15) is 19.8 Å². The molecule has 7 heteroatoms. The first-order valence-corrected chi connectivity index (χ1v) is 4.79. The maximum Gasteiger partial charge on any atom is 0.326 e. The van der Waals surface area contributed by atoms with E-state index in [1.165, 1.54) is 0 Å². The van der Waals surface area contributed by atoms with Crippen LogP contribution in [0, 0.1) is 0 Å². The predicted molar refractivity (Wildman–Crippen MR) is 52.9 cm³/mol. The zero-order valence-corrected chi connectivity index (χ0v) is 8.93. The van der Waals surface area contributed by atoms with Crippen LogP contribution in [-0.4, -0.2) is 47.3 Å². The van der Waals surface area contributed by atoms with Crippen molar-refractivity contribution in [3.8, 4) is 0 Å². The summed E-state index contributed by atoms with van der Waals surface area (Å²) in [5, 5.41) is 19.2. The van der Waals surface area contributed by atoms with Crippen LogP contribution >= 0.6 is 0 Å². The molecule has 0 rings (SSSR count). The van der Waals surface area contributed by atoms with Crippen LogP contribution in [0.2, 0.25) is 0 Å². The first-order chi connectivity index (χ1) is 7.47. The van der Waals surface area contributed by atoms with Crippen molar-refractivity contribution in [3.63, 3.8) is 0 Å². The summed E-state index contributed by atoms with van der Waals surface area (Å²) in [6.45, 7) is 2.41. The van der Waals surface area contributed by atoms with E-state index in [0.717, 1.165) is 0 Å². The Labute approximate surface area is 92.4 Å². The van der Waals surface area contributed by atoms with E-state index < -0.39 is 30.3 Å². The van der Waals surface area contributed by atoms with E-state index in [-0.39, 0.29) is 13.0 Å². The summed E-state index contributed by atoms with van der Waals surface area (Å²) >= 11 is 0. The van der Waals surface area contributed by atoms with Gasteiger partial charge in [0.15, 0.2) is 0 Å². The quantitative estimate of drug-likeness (QED) is 0.485. The molecule has 0 saturated heterocycles. The zero-order chi connectivity index (χ0) is 12.6. The number of carboxylic acid groups (broad SMARTS) is 2. The lowest BCUT2D eigenvalue weighted by Crippen LogP contribution is -2.42. The van der Waals surface area contributed by atoms with Gasteiger partial charge in [0.2, 0.25) is 5.91 Å². The number of hydrogen-bond donors (Lipinski definition) is 3. The minimum Gasteiger partial charge on any atom is -0.481 e. The summed E-state index contributed by atoms with van der Waals surface area (Å²) in [5.74, 6) is -3.19. The fourth-order valence-corrected chi connectivity index (χ4v) is 0.950. The van der Waals surface area contributed by atoms with Gasteiger partial charge in [0, 0.05) is 13.0 Å². The van der Waals surface area contributed by atoms with Crippen molar-refractivity contribution in [2.45, 2.75) is 25.8 Å². The smallest absolute Gasteiger partial charge is 0.326 e. The van der Waals surface area contributed by atoms with Crippen molar-refractivity contribution in [2.75, 3.05) is 13.2 Å². The van der Waals surface area contributed by atoms with Gasteiger partial charge in [0.1, 0.15) is 6.04 Å². The summed E-state index contributed by atoms with van der Waals surface area (Å²) in [7, 11) is 0. The second-order valence-electron chi connectivity index (χ2n) is 3.00. The highest BCUT2D eigenvalue weighted by Gasteiger charge is 2.22. The lowest BCUT2D eigenvalue weighted by atomic mass is 10.2. The molecular weight excluding hydrogens is 218 g/mol. The van der Waals surface area contributed by atoms with E-state index in [1.807, 2.05) is 0 Å². The molecule has 1 amide bonds. The molecule has 0 aromatic rings. The number of nitrogens with one attached hydrogen (secondary N) is 1. The Kier molecular flexibility index (Phi) is 6.86. The minimum absolute atomic E-state index is 0.0111. The number of aliphatic carboxylic acids is 2. The van der Waals surface area contributed by atoms with Gasteiger partial charge < -0.3 is 20.3 Å². The van der Waals surface area contributed by atoms with E-state index in [9.17, 15) is 14.4 Å². The highest BCUT2D eigenvalue weighted by molar-refractivity contribution is 5.86. The van der Waals surface area contributed by atoms with Crippen molar-refractivity contribution in [1.82, 2.24) is 5.32 Å². The highest BCUT2D eigenvalue weighted by Crippen LogP contribution is 1.94. The monoisotopic (exact) mass is 233 g/mol. The van der Waals surface area contributed by atoms with Crippen molar-refractivity contribution < 1.29 is 29.3 Å². The van der Waals surface area contributed by atoms with Gasteiger partial charge in [-0.05, 0) is 6.92 Å². The van der Waals surface area contributed by atoms with Crippen LogP contribution in [-0.2, 0) is 19.1 Å². The van der Waals surface area contributed by atoms with Crippen LogP contribution in [0.3, 0.4) is 0 Å². The van der Waals surface area contributed by atoms with E-state index in [0.29, 0.717) is 6.61 Å². The Morgan fingerprint density at radius 3 is 2.38 bits per heavy atom. The van der Waals surface area contributed by atoms with E-state index in [2.05, 4.69) is 5.32 Å². The molecule has 0 unspecified atom stereocenters. The first kappa shape index (κ1) is 14.4. The second kappa shape index (κ2) is 7.63. The van der Waals surface area contributed by atoms with Gasteiger partial charge in [-0.1, -0.05) is 0 Å². The van der Waals surface area contributed by atoms with E-state index >= 15 is 0 Å². The Hall–Kier alpha value is -1.63. The molecule has 16 heavy (non-hydrogen) atoms. The average Bonchev–Trinajstić information content (AvgIpc) is 2.16. The largest absolute Gasteiger partial charge is 0.481 e. The Balaban J connectivity index is 4.03. The fraction of sp³-hybridized carbons (Fsp3) is 0.667. The van der Waals surface area contributed by atoms with Crippen molar-refractivity contribution in [3.05, 3.63) is 0 Å². The molecule has 0 bridgehead atoms. The normalized spacial score (nSPS) is 11.8. The third-order valence-electron chi connectivity index (χ3n) is 1.69.